The Morgan fingerprint density at radius 1 is 0.977 bits per heavy atom. The van der Waals surface area contributed by atoms with E-state index in [0.717, 1.165) is 12.8 Å². The van der Waals surface area contributed by atoms with Crippen LogP contribution >= 0.6 is 7.60 Å². The van der Waals surface area contributed by atoms with Crippen molar-refractivity contribution in [2.75, 3.05) is 31.9 Å². The highest BCUT2D eigenvalue weighted by Gasteiger charge is 2.33. The molecule has 0 aliphatic carbocycles. The molecule has 0 fully saturated rings. The number of fused-ring (bicyclic) bond motifs is 1. The summed E-state index contributed by atoms with van der Waals surface area (Å²) in [6.07, 6.45) is 15.0. The molecule has 0 aromatic carbocycles. The zero-order valence-electron chi connectivity index (χ0n) is 27.4. The van der Waals surface area contributed by atoms with E-state index >= 15 is 0 Å². The highest BCUT2D eigenvalue weighted by atomic mass is 31.2. The Hall–Kier alpha value is -1.80. The molecule has 43 heavy (non-hydrogen) atoms. The molecule has 0 saturated carbocycles. The molecule has 2 heterocycles. The van der Waals surface area contributed by atoms with Gasteiger partial charge in [-0.3, -0.25) is 4.57 Å². The molecule has 2 aromatic heterocycles. The van der Waals surface area contributed by atoms with E-state index in [1.165, 1.54) is 57.7 Å². The molecular weight excluding hydrogens is 581 g/mol. The van der Waals surface area contributed by atoms with Crippen LogP contribution in [0.4, 0.5) is 5.82 Å². The fraction of sp³-hybridized carbons (Fsp3) is 0.774. The molecule has 0 saturated heterocycles. The number of nitrogen functional groups attached to an aromatic ring is 1. The lowest BCUT2D eigenvalue weighted by Gasteiger charge is -2.31. The van der Waals surface area contributed by atoms with E-state index in [4.69, 9.17) is 19.7 Å². The maximum Gasteiger partial charge on any atom is 0.353 e. The van der Waals surface area contributed by atoms with Gasteiger partial charge in [-0.15, -0.1) is 11.5 Å². The van der Waals surface area contributed by atoms with Gasteiger partial charge in [0.1, 0.15) is 26.3 Å². The van der Waals surface area contributed by atoms with E-state index in [-0.39, 0.29) is 19.1 Å². The minimum atomic E-state index is -3.85. The number of imidazole rings is 1. The first-order valence-corrected chi connectivity index (χ1v) is 20.7. The second kappa shape index (κ2) is 18.9. The van der Waals surface area contributed by atoms with Crippen LogP contribution in [0.3, 0.4) is 0 Å². The summed E-state index contributed by atoms with van der Waals surface area (Å²) in [6, 6.07) is 0. The molecular formula is C31H56N5O5PSi. The maximum absolute atomic E-state index is 12.3. The minimum Gasteiger partial charge on any atom is -0.382 e. The molecule has 0 radical (unpaired) electrons. The Balaban J connectivity index is 1.39. The zero-order valence-corrected chi connectivity index (χ0v) is 29.3. The van der Waals surface area contributed by atoms with Gasteiger partial charge in [0, 0.05) is 19.6 Å². The molecule has 0 spiro atoms. The summed E-state index contributed by atoms with van der Waals surface area (Å²) in [5, 5.41) is 0.345. The third-order valence-corrected chi connectivity index (χ3v) is 13.6. The number of ether oxygens (including phenoxy) is 2. The number of hydrogen-bond donors (Lipinski definition) is 2. The summed E-state index contributed by atoms with van der Waals surface area (Å²) in [5.41, 5.74) is 10.5. The molecule has 0 aliphatic heterocycles. The molecule has 0 aliphatic rings. The Morgan fingerprint density at radius 2 is 1.60 bits per heavy atom. The predicted octanol–water partition coefficient (Wildman–Crippen LogP) is 7.33. The van der Waals surface area contributed by atoms with Gasteiger partial charge in [0.25, 0.3) is 0 Å². The fourth-order valence-electron chi connectivity index (χ4n) is 4.22. The number of rotatable bonds is 21. The van der Waals surface area contributed by atoms with Gasteiger partial charge in [-0.05, 0) is 31.2 Å². The number of anilines is 1. The third kappa shape index (κ3) is 14.7. The van der Waals surface area contributed by atoms with Crippen LogP contribution in [-0.2, 0) is 25.1 Å². The van der Waals surface area contributed by atoms with Crippen molar-refractivity contribution in [3.05, 3.63) is 12.7 Å². The van der Waals surface area contributed by atoms with Gasteiger partial charge in [-0.2, -0.15) is 0 Å². The van der Waals surface area contributed by atoms with Crippen LogP contribution < -0.4 is 5.73 Å². The van der Waals surface area contributed by atoms with Crippen LogP contribution in [0.5, 0.6) is 0 Å². The van der Waals surface area contributed by atoms with Crippen molar-refractivity contribution in [2.24, 2.45) is 0 Å². The van der Waals surface area contributed by atoms with Crippen LogP contribution in [0.1, 0.15) is 98.3 Å². The zero-order chi connectivity index (χ0) is 31.8. The van der Waals surface area contributed by atoms with E-state index in [1.807, 2.05) is 0 Å². The number of nitrogens with zero attached hydrogens (tertiary/aromatic N) is 4. The van der Waals surface area contributed by atoms with Crippen molar-refractivity contribution >= 4 is 32.7 Å². The van der Waals surface area contributed by atoms with E-state index in [2.05, 4.69) is 60.3 Å². The summed E-state index contributed by atoms with van der Waals surface area (Å²) in [7, 11) is -5.29. The Morgan fingerprint density at radius 3 is 2.28 bits per heavy atom. The summed E-state index contributed by atoms with van der Waals surface area (Å²) in [4.78, 5) is 22.4. The average molecular weight is 638 g/mol. The van der Waals surface area contributed by atoms with E-state index in [1.54, 1.807) is 17.8 Å². The number of aromatic nitrogens is 4. The minimum absolute atomic E-state index is 0.150. The van der Waals surface area contributed by atoms with E-state index in [9.17, 15) is 9.46 Å². The molecule has 244 valence electrons. The van der Waals surface area contributed by atoms with Crippen LogP contribution in [0.15, 0.2) is 12.7 Å². The molecule has 2 atom stereocenters. The second-order valence-electron chi connectivity index (χ2n) is 13.0. The topological polar surface area (TPSA) is 135 Å². The molecule has 1 unspecified atom stereocenters. The standard InChI is InChI=1S/C31H56N5O5PSi/c1-27(23-36-25-35-28-29(32)33-24-34-30(28)36)40-26-42(37,38)41-21-18-20-39-19-16-14-12-10-8-7-9-11-13-15-17-22-43(5,6)31(2,3)4/h24-25,27H,7-16,18-21,23,26H2,1-6H3,(H,37,38)(H2,32,33,34)/t27-/m1/s1. The Bertz CT molecular complexity index is 1190. The number of unbranched alkanes of at least 4 members (excludes halogenated alkanes) is 9. The average Bonchev–Trinajstić information content (AvgIpc) is 3.34. The van der Waals surface area contributed by atoms with Crippen molar-refractivity contribution in [3.8, 4) is 11.5 Å². The van der Waals surface area contributed by atoms with Gasteiger partial charge in [0.15, 0.2) is 11.5 Å². The molecule has 0 amide bonds. The van der Waals surface area contributed by atoms with Gasteiger partial charge >= 0.3 is 7.60 Å². The maximum atomic E-state index is 12.3. The van der Waals surface area contributed by atoms with E-state index < -0.39 is 15.7 Å². The second-order valence-corrected chi connectivity index (χ2v) is 19.8. The summed E-state index contributed by atoms with van der Waals surface area (Å²) in [6.45, 7) is 15.3. The first kappa shape index (κ1) is 37.4. The van der Waals surface area contributed by atoms with Crippen molar-refractivity contribution in [1.82, 2.24) is 19.5 Å². The van der Waals surface area contributed by atoms with Crippen molar-refractivity contribution in [3.63, 3.8) is 0 Å². The van der Waals surface area contributed by atoms with Gasteiger partial charge in [0.05, 0.1) is 25.6 Å². The van der Waals surface area contributed by atoms with Crippen LogP contribution in [0.2, 0.25) is 18.1 Å². The number of hydrogen-bond acceptors (Lipinski definition) is 8. The summed E-state index contributed by atoms with van der Waals surface area (Å²) >= 11 is 0. The first-order chi connectivity index (χ1) is 20.3. The van der Waals surface area contributed by atoms with Crippen LogP contribution in [0.25, 0.3) is 11.2 Å². The first-order valence-electron chi connectivity index (χ1n) is 15.9. The lowest BCUT2D eigenvalue weighted by molar-refractivity contribution is 0.0688. The predicted molar refractivity (Wildman–Crippen MR) is 178 cm³/mol. The lowest BCUT2D eigenvalue weighted by Crippen LogP contribution is -2.35. The normalized spacial score (nSPS) is 14.4. The van der Waals surface area contributed by atoms with Crippen molar-refractivity contribution in [1.29, 1.82) is 0 Å². The molecule has 2 aromatic rings. The van der Waals surface area contributed by atoms with Crippen LogP contribution in [-0.4, -0.2) is 64.8 Å². The van der Waals surface area contributed by atoms with Crippen molar-refractivity contribution in [2.45, 2.75) is 129 Å². The summed E-state index contributed by atoms with van der Waals surface area (Å²) in [5.74, 6) is 3.77. The summed E-state index contributed by atoms with van der Waals surface area (Å²) < 4.78 is 30.5. The van der Waals surface area contributed by atoms with Gasteiger partial charge in [0.2, 0.25) is 0 Å². The molecule has 10 nitrogen and oxygen atoms in total. The van der Waals surface area contributed by atoms with Crippen molar-refractivity contribution < 1.29 is 23.5 Å². The van der Waals surface area contributed by atoms with Gasteiger partial charge in [-0.1, -0.05) is 78.8 Å². The van der Waals surface area contributed by atoms with Gasteiger partial charge < -0.3 is 29.2 Å². The number of nitrogens with two attached hydrogens (primary N) is 1. The highest BCUT2D eigenvalue weighted by Crippen LogP contribution is 2.42. The monoisotopic (exact) mass is 637 g/mol. The molecule has 2 rings (SSSR count). The fourth-order valence-corrected chi connectivity index (χ4v) is 6.09. The molecule has 0 bridgehead atoms. The van der Waals surface area contributed by atoms with Gasteiger partial charge in [-0.25, -0.2) is 15.0 Å². The molecule has 12 heteroatoms. The quantitative estimate of drug-likeness (QED) is 0.0624. The Kier molecular flexibility index (Phi) is 16.4. The molecule has 3 N–H and O–H groups in total. The smallest absolute Gasteiger partial charge is 0.353 e. The third-order valence-electron chi connectivity index (χ3n) is 8.00. The van der Waals surface area contributed by atoms with Crippen LogP contribution in [0, 0.1) is 11.5 Å². The highest BCUT2D eigenvalue weighted by molar-refractivity contribution is 7.52. The van der Waals surface area contributed by atoms with E-state index in [0.29, 0.717) is 48.2 Å². The largest absolute Gasteiger partial charge is 0.382 e. The SMILES string of the molecule is C[C@H](Cn1cnc2c(N)ncnc21)OCP(=O)(O)OCCCOCCCCCCCCCCCC#C[Si](C)(C)C(C)(C)C. The Labute approximate surface area is 260 Å². The lowest BCUT2D eigenvalue weighted by atomic mass is 10.1.